The van der Waals surface area contributed by atoms with Crippen LogP contribution >= 0.6 is 0 Å². The Morgan fingerprint density at radius 1 is 1.25 bits per heavy atom. The molecule has 128 valence electrons. The average Bonchev–Trinajstić information content (AvgIpc) is 2.86. The van der Waals surface area contributed by atoms with Crippen molar-refractivity contribution in [3.8, 4) is 0 Å². The number of imide groups is 1. The van der Waals surface area contributed by atoms with Crippen LogP contribution in [-0.4, -0.2) is 41.2 Å². The van der Waals surface area contributed by atoms with Crippen LogP contribution in [0.15, 0.2) is 24.3 Å². The van der Waals surface area contributed by atoms with Gasteiger partial charge in [0, 0.05) is 19.4 Å². The number of likely N-dealkylation sites (tertiary alicyclic amines) is 1. The molecule has 24 heavy (non-hydrogen) atoms. The lowest BCUT2D eigenvalue weighted by Gasteiger charge is -2.16. The summed E-state index contributed by atoms with van der Waals surface area (Å²) in [5, 5.41) is 2.32. The van der Waals surface area contributed by atoms with Crippen molar-refractivity contribution in [2.75, 3.05) is 11.9 Å². The SMILES string of the molecule is C[C@H](OC(=O)CCN1C(=O)CCC1=O)C(=O)Nc1ccccc1F. The van der Waals surface area contributed by atoms with Gasteiger partial charge in [-0.25, -0.2) is 4.39 Å². The van der Waals surface area contributed by atoms with Crippen molar-refractivity contribution in [2.45, 2.75) is 32.3 Å². The second kappa shape index (κ2) is 7.67. The maximum absolute atomic E-state index is 13.5. The highest BCUT2D eigenvalue weighted by Crippen LogP contribution is 2.14. The number of benzene rings is 1. The molecule has 1 saturated heterocycles. The van der Waals surface area contributed by atoms with Gasteiger partial charge in [0.2, 0.25) is 11.8 Å². The zero-order chi connectivity index (χ0) is 17.7. The molecular weight excluding hydrogens is 319 g/mol. The number of hydrogen-bond donors (Lipinski definition) is 1. The van der Waals surface area contributed by atoms with Crippen LogP contribution in [0.1, 0.15) is 26.2 Å². The van der Waals surface area contributed by atoms with Crippen LogP contribution < -0.4 is 5.32 Å². The molecule has 2 rings (SSSR count). The molecule has 0 saturated carbocycles. The second-order valence-electron chi connectivity index (χ2n) is 5.29. The number of carbonyl (C=O) groups excluding carboxylic acids is 4. The van der Waals surface area contributed by atoms with E-state index in [0.717, 1.165) is 4.90 Å². The standard InChI is InChI=1S/C16H17FN2O5/c1-10(16(23)18-12-5-3-2-4-11(12)17)24-15(22)8-9-19-13(20)6-7-14(19)21/h2-5,10H,6-9H2,1H3,(H,18,23)/t10-/m0/s1. The predicted octanol–water partition coefficient (Wildman–Crippen LogP) is 1.23. The molecule has 0 unspecified atom stereocenters. The Kier molecular flexibility index (Phi) is 5.62. The highest BCUT2D eigenvalue weighted by Gasteiger charge is 2.29. The first-order valence-corrected chi connectivity index (χ1v) is 7.46. The normalized spacial score (nSPS) is 15.3. The molecule has 0 aliphatic carbocycles. The third-order valence-electron chi connectivity index (χ3n) is 3.50. The van der Waals surface area contributed by atoms with Crippen LogP contribution in [0.3, 0.4) is 0 Å². The summed E-state index contributed by atoms with van der Waals surface area (Å²) in [6.07, 6.45) is -1.04. The first-order valence-electron chi connectivity index (χ1n) is 7.46. The summed E-state index contributed by atoms with van der Waals surface area (Å²) in [7, 11) is 0. The summed E-state index contributed by atoms with van der Waals surface area (Å²) in [5.74, 6) is -2.65. The van der Waals surface area contributed by atoms with Gasteiger partial charge in [-0.05, 0) is 19.1 Å². The molecular formula is C16H17FN2O5. The van der Waals surface area contributed by atoms with Crippen LogP contribution in [0.25, 0.3) is 0 Å². The van der Waals surface area contributed by atoms with Gasteiger partial charge in [0.25, 0.3) is 5.91 Å². The number of anilines is 1. The fourth-order valence-electron chi connectivity index (χ4n) is 2.18. The highest BCUT2D eigenvalue weighted by atomic mass is 19.1. The number of halogens is 1. The molecule has 1 heterocycles. The Bertz CT molecular complexity index is 660. The minimum Gasteiger partial charge on any atom is -0.452 e. The van der Waals surface area contributed by atoms with E-state index in [-0.39, 0.29) is 43.3 Å². The fourth-order valence-corrected chi connectivity index (χ4v) is 2.18. The maximum Gasteiger partial charge on any atom is 0.308 e. The van der Waals surface area contributed by atoms with Crippen molar-refractivity contribution in [2.24, 2.45) is 0 Å². The number of ether oxygens (including phenoxy) is 1. The van der Waals surface area contributed by atoms with Crippen LogP contribution in [0, 0.1) is 5.82 Å². The van der Waals surface area contributed by atoms with E-state index in [1.54, 1.807) is 6.07 Å². The number of nitrogens with one attached hydrogen (secondary N) is 1. The lowest BCUT2D eigenvalue weighted by molar-refractivity contribution is -0.154. The van der Waals surface area contributed by atoms with Crippen LogP contribution in [0.2, 0.25) is 0 Å². The monoisotopic (exact) mass is 336 g/mol. The second-order valence-corrected chi connectivity index (χ2v) is 5.29. The Morgan fingerprint density at radius 2 is 1.88 bits per heavy atom. The van der Waals surface area contributed by atoms with Gasteiger partial charge in [-0.2, -0.15) is 0 Å². The van der Waals surface area contributed by atoms with E-state index < -0.39 is 23.8 Å². The zero-order valence-electron chi connectivity index (χ0n) is 13.1. The van der Waals surface area contributed by atoms with Gasteiger partial charge in [-0.1, -0.05) is 12.1 Å². The quantitative estimate of drug-likeness (QED) is 0.623. The third kappa shape index (κ3) is 4.37. The van der Waals surface area contributed by atoms with Gasteiger partial charge in [-0.15, -0.1) is 0 Å². The van der Waals surface area contributed by atoms with Gasteiger partial charge in [0.1, 0.15) is 5.82 Å². The summed E-state index contributed by atoms with van der Waals surface area (Å²) < 4.78 is 18.4. The molecule has 7 nitrogen and oxygen atoms in total. The summed E-state index contributed by atoms with van der Waals surface area (Å²) in [4.78, 5) is 47.5. The summed E-state index contributed by atoms with van der Waals surface area (Å²) in [5.41, 5.74) is -0.0151. The van der Waals surface area contributed by atoms with Crippen molar-refractivity contribution in [3.05, 3.63) is 30.1 Å². The van der Waals surface area contributed by atoms with Crippen molar-refractivity contribution in [1.29, 1.82) is 0 Å². The largest absolute Gasteiger partial charge is 0.452 e. The highest BCUT2D eigenvalue weighted by molar-refractivity contribution is 6.02. The molecule has 0 aromatic heterocycles. The molecule has 0 spiro atoms. The third-order valence-corrected chi connectivity index (χ3v) is 3.50. The molecule has 1 atom stereocenters. The van der Waals surface area contributed by atoms with E-state index in [2.05, 4.69) is 5.32 Å². The zero-order valence-corrected chi connectivity index (χ0v) is 13.1. The smallest absolute Gasteiger partial charge is 0.308 e. The Balaban J connectivity index is 1.80. The molecule has 1 N–H and O–H groups in total. The van der Waals surface area contributed by atoms with Gasteiger partial charge in [0.15, 0.2) is 6.10 Å². The molecule has 0 radical (unpaired) electrons. The van der Waals surface area contributed by atoms with E-state index in [0.29, 0.717) is 0 Å². The number of para-hydroxylation sites is 1. The van der Waals surface area contributed by atoms with Crippen molar-refractivity contribution >= 4 is 29.4 Å². The molecule has 1 aliphatic heterocycles. The van der Waals surface area contributed by atoms with Crippen LogP contribution in [0.5, 0.6) is 0 Å². The van der Waals surface area contributed by atoms with E-state index in [4.69, 9.17) is 4.74 Å². The number of carbonyl (C=O) groups is 4. The topological polar surface area (TPSA) is 92.8 Å². The van der Waals surface area contributed by atoms with Gasteiger partial charge in [0.05, 0.1) is 12.1 Å². The Morgan fingerprint density at radius 3 is 2.50 bits per heavy atom. The van der Waals surface area contributed by atoms with Crippen molar-refractivity contribution < 1.29 is 28.3 Å². The van der Waals surface area contributed by atoms with Crippen molar-refractivity contribution in [1.82, 2.24) is 4.90 Å². The van der Waals surface area contributed by atoms with E-state index in [1.807, 2.05) is 0 Å². The molecule has 1 aliphatic rings. The molecule has 8 heteroatoms. The first-order chi connectivity index (χ1) is 11.4. The number of rotatable bonds is 6. The van der Waals surface area contributed by atoms with E-state index in [1.165, 1.54) is 25.1 Å². The van der Waals surface area contributed by atoms with Gasteiger partial charge >= 0.3 is 5.97 Å². The molecule has 0 bridgehead atoms. The fraction of sp³-hybridized carbons (Fsp3) is 0.375. The molecule has 1 fully saturated rings. The Labute approximate surface area is 137 Å². The summed E-state index contributed by atoms with van der Waals surface area (Å²) in [6, 6.07) is 5.61. The average molecular weight is 336 g/mol. The van der Waals surface area contributed by atoms with Crippen molar-refractivity contribution in [3.63, 3.8) is 0 Å². The van der Waals surface area contributed by atoms with Crippen LogP contribution in [0.4, 0.5) is 10.1 Å². The number of amides is 3. The summed E-state index contributed by atoms with van der Waals surface area (Å²) in [6.45, 7) is 1.28. The summed E-state index contributed by atoms with van der Waals surface area (Å²) >= 11 is 0. The molecule has 3 amide bonds. The number of nitrogens with zero attached hydrogens (tertiary/aromatic N) is 1. The first kappa shape index (κ1) is 17.6. The minimum atomic E-state index is -1.14. The lowest BCUT2D eigenvalue weighted by atomic mass is 10.3. The van der Waals surface area contributed by atoms with Crippen LogP contribution in [-0.2, 0) is 23.9 Å². The lowest BCUT2D eigenvalue weighted by Crippen LogP contribution is -2.34. The van der Waals surface area contributed by atoms with E-state index >= 15 is 0 Å². The maximum atomic E-state index is 13.5. The Hall–Kier alpha value is -2.77. The number of esters is 1. The minimum absolute atomic E-state index is 0.0151. The number of hydrogen-bond acceptors (Lipinski definition) is 5. The molecule has 1 aromatic rings. The predicted molar refractivity (Wildman–Crippen MR) is 81.2 cm³/mol. The van der Waals surface area contributed by atoms with Gasteiger partial charge < -0.3 is 10.1 Å². The van der Waals surface area contributed by atoms with Gasteiger partial charge in [-0.3, -0.25) is 24.1 Å². The van der Waals surface area contributed by atoms with E-state index in [9.17, 15) is 23.6 Å². The molecule has 1 aromatic carbocycles.